The highest BCUT2D eigenvalue weighted by Gasteiger charge is 2.06. The summed E-state index contributed by atoms with van der Waals surface area (Å²) < 4.78 is 0. The topological polar surface area (TPSA) is 65.7 Å². The van der Waals surface area contributed by atoms with Gasteiger partial charge < -0.3 is 4.98 Å². The summed E-state index contributed by atoms with van der Waals surface area (Å²) in [6.45, 7) is 0. The van der Waals surface area contributed by atoms with E-state index in [0.29, 0.717) is 27.2 Å². The lowest BCUT2D eigenvalue weighted by molar-refractivity contribution is 0.986. The second kappa shape index (κ2) is 6.32. The molecule has 1 aromatic heterocycles. The molecule has 1 aromatic carbocycles. The number of nitrogens with one attached hydrogen (secondary N) is 2. The molecule has 2 rings (SSSR count). The molecule has 0 spiro atoms. The fourth-order valence-electron chi connectivity index (χ4n) is 1.53. The molecule has 0 radical (unpaired) electrons. The van der Waals surface area contributed by atoms with Gasteiger partial charge in [-0.2, -0.15) is 11.8 Å². The lowest BCUT2D eigenvalue weighted by Gasteiger charge is -2.06. The van der Waals surface area contributed by atoms with Gasteiger partial charge in [-0.3, -0.25) is 9.78 Å². The summed E-state index contributed by atoms with van der Waals surface area (Å²) in [5.74, 6) is 1.11. The van der Waals surface area contributed by atoms with Crippen molar-refractivity contribution in [2.24, 2.45) is 0 Å². The van der Waals surface area contributed by atoms with E-state index >= 15 is 0 Å². The lowest BCUT2D eigenvalue weighted by atomic mass is 10.2. The van der Waals surface area contributed by atoms with Crippen LogP contribution in [0.2, 0.25) is 10.0 Å². The first-order chi connectivity index (χ1) is 9.06. The highest BCUT2D eigenvalue weighted by molar-refractivity contribution is 7.97. The standard InChI is InChI=1S/C12H10Cl2N2O2S/c13-9-2-1-3-10(14)8(9)6-19-5-7-4-11(17)16-12(18)15-7/h1-4H,5-6H2,(H2,15,16,17,18). The first kappa shape index (κ1) is 14.2. The molecule has 7 heteroatoms. The van der Waals surface area contributed by atoms with Crippen molar-refractivity contribution in [1.29, 1.82) is 0 Å². The molecule has 0 saturated heterocycles. The number of aromatic amines is 2. The number of thioether (sulfide) groups is 1. The molecule has 4 nitrogen and oxygen atoms in total. The predicted octanol–water partition coefficient (Wildman–Crippen LogP) is 2.80. The molecule has 2 N–H and O–H groups in total. The Labute approximate surface area is 123 Å². The maximum atomic E-state index is 11.1. The highest BCUT2D eigenvalue weighted by Crippen LogP contribution is 2.28. The van der Waals surface area contributed by atoms with E-state index in [4.69, 9.17) is 23.2 Å². The van der Waals surface area contributed by atoms with Crippen LogP contribution in [0, 0.1) is 0 Å². The van der Waals surface area contributed by atoms with E-state index in [1.807, 2.05) is 0 Å². The first-order valence-corrected chi connectivity index (χ1v) is 7.30. The van der Waals surface area contributed by atoms with E-state index in [-0.39, 0.29) is 0 Å². The minimum absolute atomic E-state index is 0.407. The predicted molar refractivity (Wildman–Crippen MR) is 79.1 cm³/mol. The minimum Gasteiger partial charge on any atom is -0.310 e. The average Bonchev–Trinajstić information content (AvgIpc) is 2.32. The molecular weight excluding hydrogens is 307 g/mol. The summed E-state index contributed by atoms with van der Waals surface area (Å²) in [5, 5.41) is 1.22. The maximum absolute atomic E-state index is 11.1. The third-order valence-corrected chi connectivity index (χ3v) is 4.10. The number of halogens is 2. The van der Waals surface area contributed by atoms with E-state index < -0.39 is 11.2 Å². The van der Waals surface area contributed by atoms with E-state index in [1.165, 1.54) is 17.8 Å². The molecule has 2 aromatic rings. The monoisotopic (exact) mass is 316 g/mol. The van der Waals surface area contributed by atoms with Gasteiger partial charge in [-0.25, -0.2) is 4.79 Å². The molecule has 19 heavy (non-hydrogen) atoms. The maximum Gasteiger partial charge on any atom is 0.325 e. The van der Waals surface area contributed by atoms with E-state index in [0.717, 1.165) is 5.56 Å². The van der Waals surface area contributed by atoms with Crippen LogP contribution in [0.15, 0.2) is 33.9 Å². The third-order valence-electron chi connectivity index (χ3n) is 2.38. The van der Waals surface area contributed by atoms with Crippen molar-refractivity contribution in [3.05, 3.63) is 66.4 Å². The molecule has 100 valence electrons. The number of benzene rings is 1. The molecule has 0 atom stereocenters. The molecule has 0 amide bonds. The summed E-state index contributed by atoms with van der Waals surface area (Å²) in [7, 11) is 0. The van der Waals surface area contributed by atoms with E-state index in [2.05, 4.69) is 9.97 Å². The number of aromatic nitrogens is 2. The molecular formula is C12H10Cl2N2O2S. The van der Waals surface area contributed by atoms with Crippen molar-refractivity contribution < 1.29 is 0 Å². The number of hydrogen-bond acceptors (Lipinski definition) is 3. The van der Waals surface area contributed by atoms with Gasteiger partial charge in [0.05, 0.1) is 0 Å². The molecule has 0 unspecified atom stereocenters. The second-order valence-electron chi connectivity index (χ2n) is 3.81. The third kappa shape index (κ3) is 3.89. The van der Waals surface area contributed by atoms with Gasteiger partial charge in [-0.1, -0.05) is 29.3 Å². The van der Waals surface area contributed by atoms with Crippen LogP contribution < -0.4 is 11.2 Å². The zero-order valence-electron chi connectivity index (χ0n) is 9.70. The SMILES string of the molecule is O=c1cc(CSCc2c(Cl)cccc2Cl)[nH]c(=O)[nH]1. The van der Waals surface area contributed by atoms with Crippen molar-refractivity contribution in [2.45, 2.75) is 11.5 Å². The van der Waals surface area contributed by atoms with E-state index in [9.17, 15) is 9.59 Å². The van der Waals surface area contributed by atoms with Gasteiger partial charge in [0.25, 0.3) is 5.56 Å². The van der Waals surface area contributed by atoms with Crippen molar-refractivity contribution >= 4 is 35.0 Å². The van der Waals surface area contributed by atoms with Crippen LogP contribution in [0.4, 0.5) is 0 Å². The average molecular weight is 317 g/mol. The zero-order valence-corrected chi connectivity index (χ0v) is 12.0. The van der Waals surface area contributed by atoms with Crippen molar-refractivity contribution in [1.82, 2.24) is 9.97 Å². The zero-order chi connectivity index (χ0) is 13.8. The Balaban J connectivity index is 2.04. The fraction of sp³-hybridized carbons (Fsp3) is 0.167. The summed E-state index contributed by atoms with van der Waals surface area (Å²) >= 11 is 13.6. The largest absolute Gasteiger partial charge is 0.325 e. The van der Waals surface area contributed by atoms with Gasteiger partial charge in [0.2, 0.25) is 0 Å². The summed E-state index contributed by atoms with van der Waals surface area (Å²) in [4.78, 5) is 26.9. The molecule has 0 saturated carbocycles. The molecule has 0 aliphatic rings. The Morgan fingerprint density at radius 3 is 2.37 bits per heavy atom. The Hall–Kier alpha value is -1.17. The highest BCUT2D eigenvalue weighted by atomic mass is 35.5. The van der Waals surface area contributed by atoms with Crippen LogP contribution in [0.1, 0.15) is 11.3 Å². The molecule has 1 heterocycles. The Morgan fingerprint density at radius 2 is 1.74 bits per heavy atom. The van der Waals surface area contributed by atoms with Crippen LogP contribution in [0.5, 0.6) is 0 Å². The van der Waals surface area contributed by atoms with Gasteiger partial charge in [0.1, 0.15) is 0 Å². The molecule has 0 bridgehead atoms. The first-order valence-electron chi connectivity index (χ1n) is 5.39. The van der Waals surface area contributed by atoms with Crippen LogP contribution >= 0.6 is 35.0 Å². The second-order valence-corrected chi connectivity index (χ2v) is 5.61. The van der Waals surface area contributed by atoms with Crippen molar-refractivity contribution in [3.63, 3.8) is 0 Å². The number of rotatable bonds is 4. The van der Waals surface area contributed by atoms with E-state index in [1.54, 1.807) is 18.2 Å². The normalized spacial score (nSPS) is 10.6. The van der Waals surface area contributed by atoms with Gasteiger partial charge >= 0.3 is 5.69 Å². The van der Waals surface area contributed by atoms with Crippen LogP contribution in [0.3, 0.4) is 0 Å². The quantitative estimate of drug-likeness (QED) is 0.911. The lowest BCUT2D eigenvalue weighted by Crippen LogP contribution is -2.22. The fourth-order valence-corrected chi connectivity index (χ4v) is 3.21. The minimum atomic E-state index is -0.501. The molecule has 0 fully saturated rings. The summed E-state index contributed by atoms with van der Waals surface area (Å²) in [6.07, 6.45) is 0. The van der Waals surface area contributed by atoms with Gasteiger partial charge in [0, 0.05) is 33.3 Å². The van der Waals surface area contributed by atoms with Crippen LogP contribution in [0.25, 0.3) is 0 Å². The molecule has 0 aliphatic heterocycles. The Kier molecular flexibility index (Phi) is 4.74. The smallest absolute Gasteiger partial charge is 0.310 e. The molecule has 0 aliphatic carbocycles. The number of H-pyrrole nitrogens is 2. The van der Waals surface area contributed by atoms with Gasteiger partial charge in [-0.15, -0.1) is 0 Å². The Morgan fingerprint density at radius 1 is 1.05 bits per heavy atom. The summed E-state index contributed by atoms with van der Waals surface area (Å²) in [5.41, 5.74) is 0.513. The number of hydrogen-bond donors (Lipinski definition) is 2. The van der Waals surface area contributed by atoms with Crippen LogP contribution in [-0.4, -0.2) is 9.97 Å². The Bertz CT molecular complexity index is 648. The van der Waals surface area contributed by atoms with Crippen molar-refractivity contribution in [3.8, 4) is 0 Å². The van der Waals surface area contributed by atoms with Gasteiger partial charge in [-0.05, 0) is 17.7 Å². The van der Waals surface area contributed by atoms with Crippen molar-refractivity contribution in [2.75, 3.05) is 0 Å². The van der Waals surface area contributed by atoms with Crippen LogP contribution in [-0.2, 0) is 11.5 Å². The summed E-state index contributed by atoms with van der Waals surface area (Å²) in [6, 6.07) is 6.70. The van der Waals surface area contributed by atoms with Gasteiger partial charge in [0.15, 0.2) is 0 Å².